The van der Waals surface area contributed by atoms with E-state index in [-0.39, 0.29) is 31.1 Å². The van der Waals surface area contributed by atoms with Crippen molar-refractivity contribution in [2.75, 3.05) is 19.8 Å². The molecule has 1 fully saturated rings. The molecule has 0 spiro atoms. The van der Waals surface area contributed by atoms with Gasteiger partial charge in [-0.15, -0.1) is 0 Å². The third-order valence-corrected chi connectivity index (χ3v) is 4.45. The molecule has 3 unspecified atom stereocenters. The molecular weight excluding hydrogens is 270 g/mol. The fourth-order valence-electron chi connectivity index (χ4n) is 2.84. The molecule has 0 aliphatic carbocycles. The van der Waals surface area contributed by atoms with Crippen LogP contribution in [-0.4, -0.2) is 42.5 Å². The Hall–Kier alpha value is -1.59. The van der Waals surface area contributed by atoms with Crippen molar-refractivity contribution < 1.29 is 19.4 Å². The number of fused-ring (bicyclic) bond motifs is 1. The SMILES string of the molecule is CC1Oc2c(C(=O)NCC3(O)CCOC3)cccc2C1C. The Morgan fingerprint density at radius 1 is 1.48 bits per heavy atom. The summed E-state index contributed by atoms with van der Waals surface area (Å²) < 4.78 is 11.0. The van der Waals surface area contributed by atoms with Crippen LogP contribution in [0.25, 0.3) is 0 Å². The number of aliphatic hydroxyl groups is 1. The molecule has 0 aromatic heterocycles. The maximum atomic E-state index is 12.4. The van der Waals surface area contributed by atoms with Gasteiger partial charge in [-0.25, -0.2) is 0 Å². The van der Waals surface area contributed by atoms with E-state index in [1.165, 1.54) is 0 Å². The number of ether oxygens (including phenoxy) is 2. The van der Waals surface area contributed by atoms with Gasteiger partial charge in [0.05, 0.1) is 12.2 Å². The van der Waals surface area contributed by atoms with Crippen LogP contribution in [0.2, 0.25) is 0 Å². The van der Waals surface area contributed by atoms with E-state index in [1.54, 1.807) is 6.07 Å². The van der Waals surface area contributed by atoms with Crippen LogP contribution in [0.1, 0.15) is 42.1 Å². The Balaban J connectivity index is 1.74. The maximum Gasteiger partial charge on any atom is 0.255 e. The van der Waals surface area contributed by atoms with E-state index >= 15 is 0 Å². The second kappa shape index (κ2) is 5.31. The van der Waals surface area contributed by atoms with Crippen LogP contribution < -0.4 is 10.1 Å². The third-order valence-electron chi connectivity index (χ3n) is 4.45. The second-order valence-electron chi connectivity index (χ2n) is 6.05. The average molecular weight is 291 g/mol. The van der Waals surface area contributed by atoms with Gasteiger partial charge in [-0.2, -0.15) is 0 Å². The first-order chi connectivity index (χ1) is 10.0. The van der Waals surface area contributed by atoms with Gasteiger partial charge in [0, 0.05) is 31.1 Å². The summed E-state index contributed by atoms with van der Waals surface area (Å²) in [7, 11) is 0. The first kappa shape index (κ1) is 14.4. The molecule has 1 amide bonds. The highest BCUT2D eigenvalue weighted by atomic mass is 16.5. The van der Waals surface area contributed by atoms with Gasteiger partial charge >= 0.3 is 0 Å². The topological polar surface area (TPSA) is 67.8 Å². The summed E-state index contributed by atoms with van der Waals surface area (Å²) in [5.41, 5.74) is 0.652. The lowest BCUT2D eigenvalue weighted by Gasteiger charge is -2.21. The summed E-state index contributed by atoms with van der Waals surface area (Å²) in [6.07, 6.45) is 0.617. The van der Waals surface area contributed by atoms with Crippen molar-refractivity contribution in [1.82, 2.24) is 5.32 Å². The molecule has 5 nitrogen and oxygen atoms in total. The number of hydrogen-bond donors (Lipinski definition) is 2. The van der Waals surface area contributed by atoms with Gasteiger partial charge in [-0.3, -0.25) is 4.79 Å². The number of carbonyl (C=O) groups is 1. The van der Waals surface area contributed by atoms with Crippen LogP contribution in [0.3, 0.4) is 0 Å². The van der Waals surface area contributed by atoms with Crippen molar-refractivity contribution >= 4 is 5.91 Å². The quantitative estimate of drug-likeness (QED) is 0.884. The molecule has 2 aliphatic heterocycles. The van der Waals surface area contributed by atoms with Crippen molar-refractivity contribution in [3.05, 3.63) is 29.3 Å². The highest BCUT2D eigenvalue weighted by molar-refractivity contribution is 5.97. The van der Waals surface area contributed by atoms with Gasteiger partial charge in [0.15, 0.2) is 0 Å². The zero-order valence-corrected chi connectivity index (χ0v) is 12.4. The van der Waals surface area contributed by atoms with Crippen molar-refractivity contribution in [2.24, 2.45) is 0 Å². The number of nitrogens with one attached hydrogen (secondary N) is 1. The molecule has 114 valence electrons. The van der Waals surface area contributed by atoms with E-state index in [4.69, 9.17) is 9.47 Å². The minimum atomic E-state index is -0.949. The molecule has 0 saturated carbocycles. The van der Waals surface area contributed by atoms with Crippen molar-refractivity contribution in [3.63, 3.8) is 0 Å². The minimum absolute atomic E-state index is 0.0707. The molecule has 3 atom stereocenters. The van der Waals surface area contributed by atoms with Gasteiger partial charge in [0.2, 0.25) is 0 Å². The second-order valence-corrected chi connectivity index (χ2v) is 6.05. The molecule has 5 heteroatoms. The molecule has 2 aliphatic rings. The fourth-order valence-corrected chi connectivity index (χ4v) is 2.84. The van der Waals surface area contributed by atoms with E-state index in [1.807, 2.05) is 19.1 Å². The molecule has 2 heterocycles. The molecule has 0 radical (unpaired) electrons. The lowest BCUT2D eigenvalue weighted by molar-refractivity contribution is 0.0264. The Morgan fingerprint density at radius 3 is 3.00 bits per heavy atom. The van der Waals surface area contributed by atoms with Gasteiger partial charge in [0.1, 0.15) is 17.5 Å². The summed E-state index contributed by atoms with van der Waals surface area (Å²) in [5, 5.41) is 13.0. The van der Waals surface area contributed by atoms with E-state index < -0.39 is 5.60 Å². The standard InChI is InChI=1S/C16H21NO4/c1-10-11(2)21-14-12(10)4-3-5-13(14)15(18)17-8-16(19)6-7-20-9-16/h3-5,10-11,19H,6-9H2,1-2H3,(H,17,18). The van der Waals surface area contributed by atoms with E-state index in [2.05, 4.69) is 12.2 Å². The molecule has 3 rings (SSSR count). The largest absolute Gasteiger partial charge is 0.489 e. The van der Waals surface area contributed by atoms with Crippen LogP contribution in [-0.2, 0) is 4.74 Å². The number of carbonyl (C=O) groups excluding carboxylic acids is 1. The molecule has 1 aromatic rings. The lowest BCUT2D eigenvalue weighted by atomic mass is 9.96. The Morgan fingerprint density at radius 2 is 2.29 bits per heavy atom. The monoisotopic (exact) mass is 291 g/mol. The normalized spacial score (nSPS) is 30.8. The first-order valence-electron chi connectivity index (χ1n) is 7.38. The van der Waals surface area contributed by atoms with Crippen molar-refractivity contribution in [2.45, 2.75) is 37.9 Å². The highest BCUT2D eigenvalue weighted by Gasteiger charge is 2.34. The van der Waals surface area contributed by atoms with Gasteiger partial charge in [-0.1, -0.05) is 19.1 Å². The number of para-hydroxylation sites is 1. The molecule has 21 heavy (non-hydrogen) atoms. The Labute approximate surface area is 124 Å². The molecule has 1 aromatic carbocycles. The fraction of sp³-hybridized carbons (Fsp3) is 0.562. The molecule has 0 bridgehead atoms. The summed E-state index contributed by atoms with van der Waals surface area (Å²) in [6.45, 7) is 5.10. The maximum absolute atomic E-state index is 12.4. The van der Waals surface area contributed by atoms with Crippen LogP contribution in [0, 0.1) is 0 Å². The van der Waals surface area contributed by atoms with E-state index in [0.717, 1.165) is 5.56 Å². The third kappa shape index (κ3) is 2.63. The number of amides is 1. The predicted octanol–water partition coefficient (Wildman–Crippen LogP) is 1.45. The van der Waals surface area contributed by atoms with Gasteiger partial charge < -0.3 is 19.9 Å². The van der Waals surface area contributed by atoms with Crippen LogP contribution >= 0.6 is 0 Å². The zero-order valence-electron chi connectivity index (χ0n) is 12.4. The average Bonchev–Trinajstić information content (AvgIpc) is 3.02. The summed E-state index contributed by atoms with van der Waals surface area (Å²) in [6, 6.07) is 5.63. The summed E-state index contributed by atoms with van der Waals surface area (Å²) >= 11 is 0. The van der Waals surface area contributed by atoms with Gasteiger partial charge in [0.25, 0.3) is 5.91 Å². The minimum Gasteiger partial charge on any atom is -0.489 e. The highest BCUT2D eigenvalue weighted by Crippen LogP contribution is 2.40. The van der Waals surface area contributed by atoms with Crippen LogP contribution in [0.4, 0.5) is 0 Å². The number of rotatable bonds is 3. The van der Waals surface area contributed by atoms with E-state index in [9.17, 15) is 9.90 Å². The lowest BCUT2D eigenvalue weighted by Crippen LogP contribution is -2.43. The number of benzene rings is 1. The number of hydrogen-bond acceptors (Lipinski definition) is 4. The zero-order chi connectivity index (χ0) is 15.0. The molecule has 1 saturated heterocycles. The Bertz CT molecular complexity index is 551. The van der Waals surface area contributed by atoms with Gasteiger partial charge in [-0.05, 0) is 13.0 Å². The van der Waals surface area contributed by atoms with E-state index in [0.29, 0.717) is 24.3 Å². The molecule has 2 N–H and O–H groups in total. The van der Waals surface area contributed by atoms with Crippen LogP contribution in [0.5, 0.6) is 5.75 Å². The predicted molar refractivity (Wildman–Crippen MR) is 77.7 cm³/mol. The Kier molecular flexibility index (Phi) is 3.63. The van der Waals surface area contributed by atoms with Crippen molar-refractivity contribution in [1.29, 1.82) is 0 Å². The smallest absolute Gasteiger partial charge is 0.255 e. The summed E-state index contributed by atoms with van der Waals surface area (Å²) in [4.78, 5) is 12.4. The van der Waals surface area contributed by atoms with Crippen LogP contribution in [0.15, 0.2) is 18.2 Å². The first-order valence-corrected chi connectivity index (χ1v) is 7.38. The molecular formula is C16H21NO4. The van der Waals surface area contributed by atoms with Crippen molar-refractivity contribution in [3.8, 4) is 5.75 Å². The summed E-state index contributed by atoms with van der Waals surface area (Å²) in [5.74, 6) is 0.735.